The van der Waals surface area contributed by atoms with Crippen LogP contribution in [-0.4, -0.2) is 56.7 Å². The molecule has 0 aliphatic carbocycles. The normalized spacial score (nSPS) is 11.2. The van der Waals surface area contributed by atoms with Crippen LogP contribution in [0.4, 0.5) is 0 Å². The monoisotopic (exact) mass is 533 g/mol. The highest BCUT2D eigenvalue weighted by molar-refractivity contribution is 7.91. The number of H-pyrrole nitrogens is 1. The van der Waals surface area contributed by atoms with Crippen molar-refractivity contribution in [2.45, 2.75) is 23.6 Å². The number of primary amides is 1. The van der Waals surface area contributed by atoms with Crippen LogP contribution in [0.1, 0.15) is 21.6 Å². The fourth-order valence-corrected chi connectivity index (χ4v) is 5.48. The number of hydrogen-bond donors (Lipinski definition) is 5. The van der Waals surface area contributed by atoms with Crippen molar-refractivity contribution in [3.63, 3.8) is 0 Å². The molecule has 0 atom stereocenters. The molecule has 13 heteroatoms. The van der Waals surface area contributed by atoms with Crippen LogP contribution in [0.3, 0.4) is 0 Å². The summed E-state index contributed by atoms with van der Waals surface area (Å²) in [5.74, 6) is -2.95. The summed E-state index contributed by atoms with van der Waals surface area (Å²) in [5, 5.41) is 7.31. The first-order valence-electron chi connectivity index (χ1n) is 10.6. The van der Waals surface area contributed by atoms with Gasteiger partial charge in [-0.3, -0.25) is 19.2 Å². The predicted molar refractivity (Wildman–Crippen MR) is 132 cm³/mol. The number of carbonyl (C=O) groups excluding carboxylic acids is 4. The highest BCUT2D eigenvalue weighted by Crippen LogP contribution is 2.34. The number of aromatic nitrogens is 1. The van der Waals surface area contributed by atoms with E-state index >= 15 is 0 Å². The van der Waals surface area contributed by atoms with Gasteiger partial charge in [0.15, 0.2) is 0 Å². The maximum Gasteiger partial charge on any atom is 0.269 e. The third-order valence-corrected chi connectivity index (χ3v) is 7.08. The van der Waals surface area contributed by atoms with E-state index in [-0.39, 0.29) is 32.4 Å². The summed E-state index contributed by atoms with van der Waals surface area (Å²) in [7, 11) is -4.18. The molecule has 1 aromatic heterocycles. The Labute approximate surface area is 211 Å². The Hall–Kier alpha value is -3.90. The van der Waals surface area contributed by atoms with Crippen molar-refractivity contribution in [1.82, 2.24) is 20.9 Å². The molecule has 0 unspecified atom stereocenters. The molecule has 6 N–H and O–H groups in total. The third kappa shape index (κ3) is 6.20. The lowest BCUT2D eigenvalue weighted by atomic mass is 10.2. The van der Waals surface area contributed by atoms with Crippen LogP contribution in [0.2, 0.25) is 5.02 Å². The van der Waals surface area contributed by atoms with E-state index in [9.17, 15) is 27.6 Å². The number of benzene rings is 2. The van der Waals surface area contributed by atoms with Gasteiger partial charge in [-0.25, -0.2) is 8.42 Å². The van der Waals surface area contributed by atoms with Gasteiger partial charge in [0, 0.05) is 15.9 Å². The van der Waals surface area contributed by atoms with Crippen LogP contribution in [0, 0.1) is 13.8 Å². The summed E-state index contributed by atoms with van der Waals surface area (Å²) in [6.07, 6.45) is 0. The summed E-state index contributed by atoms with van der Waals surface area (Å²) in [4.78, 5) is 49.9. The van der Waals surface area contributed by atoms with Crippen molar-refractivity contribution in [2.75, 3.05) is 19.6 Å². The van der Waals surface area contributed by atoms with Gasteiger partial charge >= 0.3 is 0 Å². The van der Waals surface area contributed by atoms with E-state index in [2.05, 4.69) is 20.9 Å². The lowest BCUT2D eigenvalue weighted by Gasteiger charge is -2.10. The predicted octanol–water partition coefficient (Wildman–Crippen LogP) is 0.718. The number of aromatic amines is 1. The lowest BCUT2D eigenvalue weighted by Crippen LogP contribution is -2.43. The van der Waals surface area contributed by atoms with E-state index in [0.29, 0.717) is 5.52 Å². The minimum Gasteiger partial charge on any atom is -0.368 e. The van der Waals surface area contributed by atoms with Crippen molar-refractivity contribution >= 4 is 56.0 Å². The zero-order valence-corrected chi connectivity index (χ0v) is 21.0. The highest BCUT2D eigenvalue weighted by atomic mass is 35.5. The van der Waals surface area contributed by atoms with Gasteiger partial charge in [0.1, 0.15) is 10.6 Å². The van der Waals surface area contributed by atoms with Crippen LogP contribution in [-0.2, 0) is 24.2 Å². The average Bonchev–Trinajstić information content (AvgIpc) is 3.18. The zero-order valence-electron chi connectivity index (χ0n) is 19.4. The van der Waals surface area contributed by atoms with Crippen molar-refractivity contribution in [1.29, 1.82) is 0 Å². The molecule has 0 aliphatic heterocycles. The Kier molecular flexibility index (Phi) is 8.00. The second-order valence-corrected chi connectivity index (χ2v) is 10.4. The SMILES string of the molecule is Cc1cc(C)cc(S(=O)(=O)c2c(C(=O)NCC(=O)NCC(=O)NCC(N)=O)[nH]c3ccc(Cl)cc23)c1. The molecular weight excluding hydrogens is 510 g/mol. The Balaban J connectivity index is 1.87. The quantitative estimate of drug-likeness (QED) is 0.270. The third-order valence-electron chi connectivity index (χ3n) is 5.03. The first-order chi connectivity index (χ1) is 16.9. The molecule has 0 fully saturated rings. The first kappa shape index (κ1) is 26.7. The van der Waals surface area contributed by atoms with E-state index < -0.39 is 46.6 Å². The van der Waals surface area contributed by atoms with Gasteiger partial charge in [0.2, 0.25) is 27.6 Å². The van der Waals surface area contributed by atoms with Crippen LogP contribution >= 0.6 is 11.6 Å². The highest BCUT2D eigenvalue weighted by Gasteiger charge is 2.30. The summed E-state index contributed by atoms with van der Waals surface area (Å²) >= 11 is 6.11. The number of rotatable bonds is 9. The lowest BCUT2D eigenvalue weighted by molar-refractivity contribution is -0.126. The van der Waals surface area contributed by atoms with Gasteiger partial charge in [-0.1, -0.05) is 17.7 Å². The Morgan fingerprint density at radius 2 is 1.47 bits per heavy atom. The molecule has 2 aromatic carbocycles. The molecule has 0 bridgehead atoms. The molecule has 4 amide bonds. The number of nitrogens with one attached hydrogen (secondary N) is 4. The molecule has 0 saturated heterocycles. The maximum atomic E-state index is 13.7. The Bertz CT molecular complexity index is 1460. The average molecular weight is 534 g/mol. The second kappa shape index (κ2) is 10.8. The fraction of sp³-hybridized carbons (Fsp3) is 0.217. The second-order valence-electron chi connectivity index (χ2n) is 8.05. The van der Waals surface area contributed by atoms with Gasteiger partial charge in [-0.2, -0.15) is 0 Å². The summed E-state index contributed by atoms with van der Waals surface area (Å²) in [5.41, 5.74) is 6.48. The van der Waals surface area contributed by atoms with Crippen LogP contribution < -0.4 is 21.7 Å². The van der Waals surface area contributed by atoms with Crippen molar-refractivity contribution < 1.29 is 27.6 Å². The van der Waals surface area contributed by atoms with Gasteiger partial charge in [0.25, 0.3) is 5.91 Å². The van der Waals surface area contributed by atoms with Gasteiger partial charge < -0.3 is 26.7 Å². The number of nitrogens with two attached hydrogens (primary N) is 1. The maximum absolute atomic E-state index is 13.7. The van der Waals surface area contributed by atoms with Crippen molar-refractivity contribution in [3.05, 3.63) is 58.2 Å². The number of sulfone groups is 1. The van der Waals surface area contributed by atoms with E-state index in [1.54, 1.807) is 26.0 Å². The number of aryl methyl sites for hydroxylation is 2. The molecule has 0 radical (unpaired) electrons. The first-order valence-corrected chi connectivity index (χ1v) is 12.5. The minimum absolute atomic E-state index is 0.00893. The molecule has 3 rings (SSSR count). The molecule has 1 heterocycles. The van der Waals surface area contributed by atoms with Crippen molar-refractivity contribution in [3.8, 4) is 0 Å². The molecule has 0 spiro atoms. The summed E-state index contributed by atoms with van der Waals surface area (Å²) < 4.78 is 27.4. The standard InChI is InChI=1S/C23H24ClN5O6S/c1-12-5-13(2)7-15(6-12)36(34,35)22-16-8-14(24)3-4-17(16)29-21(22)23(33)28-11-20(32)27-10-19(31)26-9-18(25)30/h3-8,29H,9-11H2,1-2H3,(H2,25,30)(H,26,31)(H,27,32)(H,28,33). The summed E-state index contributed by atoms with van der Waals surface area (Å²) in [6, 6.07) is 9.37. The smallest absolute Gasteiger partial charge is 0.269 e. The molecule has 0 aliphatic rings. The summed E-state index contributed by atoms with van der Waals surface area (Å²) in [6.45, 7) is 2.16. The molecular formula is C23H24ClN5O6S. The number of halogens is 1. The molecule has 3 aromatic rings. The molecule has 0 saturated carbocycles. The van der Waals surface area contributed by atoms with Crippen LogP contribution in [0.25, 0.3) is 10.9 Å². The number of hydrogen-bond acceptors (Lipinski definition) is 6. The molecule has 11 nitrogen and oxygen atoms in total. The molecule has 190 valence electrons. The van der Waals surface area contributed by atoms with Crippen LogP contribution in [0.15, 0.2) is 46.2 Å². The van der Waals surface area contributed by atoms with Crippen molar-refractivity contribution in [2.24, 2.45) is 5.73 Å². The van der Waals surface area contributed by atoms with Gasteiger partial charge in [-0.15, -0.1) is 0 Å². The van der Waals surface area contributed by atoms with Gasteiger partial charge in [-0.05, 0) is 55.3 Å². The molecule has 36 heavy (non-hydrogen) atoms. The minimum atomic E-state index is -4.18. The number of fused-ring (bicyclic) bond motifs is 1. The van der Waals surface area contributed by atoms with E-state index in [0.717, 1.165) is 11.1 Å². The number of carbonyl (C=O) groups is 4. The largest absolute Gasteiger partial charge is 0.368 e. The van der Waals surface area contributed by atoms with Crippen LogP contribution in [0.5, 0.6) is 0 Å². The van der Waals surface area contributed by atoms with E-state index in [1.807, 2.05) is 6.07 Å². The van der Waals surface area contributed by atoms with Gasteiger partial charge in [0.05, 0.1) is 24.5 Å². The fourth-order valence-electron chi connectivity index (χ4n) is 3.52. The van der Waals surface area contributed by atoms with E-state index in [4.69, 9.17) is 17.3 Å². The Morgan fingerprint density at radius 3 is 2.08 bits per heavy atom. The topological polar surface area (TPSA) is 180 Å². The number of amides is 4. The van der Waals surface area contributed by atoms with E-state index in [1.165, 1.54) is 18.2 Å². The zero-order chi connectivity index (χ0) is 26.6. The Morgan fingerprint density at radius 1 is 0.889 bits per heavy atom.